The molecular weight excluding hydrogens is 238 g/mol. The second-order valence-corrected chi connectivity index (χ2v) is 3.68. The van der Waals surface area contributed by atoms with Gasteiger partial charge in [-0.3, -0.25) is 0 Å². The maximum Gasteiger partial charge on any atom is 0.357 e. The van der Waals surface area contributed by atoms with Gasteiger partial charge >= 0.3 is 11.9 Å². The Morgan fingerprint density at radius 3 is 2.62 bits per heavy atom. The first-order valence-corrected chi connectivity index (χ1v) is 4.98. The predicted octanol–water partition coefficient (Wildman–Crippen LogP) is -0.591. The van der Waals surface area contributed by atoms with E-state index in [1.165, 1.54) is 12.5 Å². The lowest BCUT2D eigenvalue weighted by molar-refractivity contribution is -0.153. The fraction of sp³-hybridized carbons (Fsp3) is 0.375. The van der Waals surface area contributed by atoms with E-state index >= 15 is 0 Å². The van der Waals surface area contributed by atoms with Crippen LogP contribution in [0.25, 0.3) is 0 Å². The van der Waals surface area contributed by atoms with Crippen LogP contribution in [-0.2, 0) is 9.53 Å². The zero-order valence-corrected chi connectivity index (χ0v) is 8.97. The van der Waals surface area contributed by atoms with E-state index in [4.69, 9.17) is 10.2 Å². The van der Waals surface area contributed by atoms with Crippen molar-refractivity contribution in [1.82, 2.24) is 4.98 Å². The van der Waals surface area contributed by atoms with Crippen molar-refractivity contribution in [3.63, 3.8) is 0 Å². The van der Waals surface area contributed by atoms with Crippen LogP contribution in [0.4, 0.5) is 0 Å². The molecule has 0 amide bonds. The van der Waals surface area contributed by atoms with E-state index in [2.05, 4.69) is 9.72 Å². The van der Waals surface area contributed by atoms with Gasteiger partial charge in [0.1, 0.15) is 11.1 Å². The number of carbonyl (C=O) groups is 2. The first-order valence-electron chi connectivity index (χ1n) is 4.10. The molecule has 0 aliphatic heterocycles. The molecule has 2 unspecified atom stereocenters. The van der Waals surface area contributed by atoms with Gasteiger partial charge < -0.3 is 20.1 Å². The van der Waals surface area contributed by atoms with Crippen LogP contribution in [0.15, 0.2) is 5.38 Å². The predicted molar refractivity (Wildman–Crippen MR) is 52.1 cm³/mol. The van der Waals surface area contributed by atoms with E-state index in [1.54, 1.807) is 0 Å². The standard InChI is InChI=1S/C8H9NO6S/c1-15-8(14)3-2-16-6(9-3)4(10)5(11)7(12)13/h2,4-5,10-11H,1H3,(H,12,13). The Bertz CT molecular complexity index is 403. The number of methoxy groups -OCH3 is 1. The SMILES string of the molecule is COC(=O)c1csc(C(O)C(O)C(=O)O)n1. The number of esters is 1. The molecule has 0 spiro atoms. The van der Waals surface area contributed by atoms with Gasteiger partial charge in [-0.25, -0.2) is 14.6 Å². The molecule has 0 saturated carbocycles. The van der Waals surface area contributed by atoms with Crippen LogP contribution in [0.3, 0.4) is 0 Å². The summed E-state index contributed by atoms with van der Waals surface area (Å²) in [7, 11) is 1.17. The van der Waals surface area contributed by atoms with Crippen LogP contribution in [-0.4, -0.2) is 45.5 Å². The number of carboxylic acids is 1. The Morgan fingerprint density at radius 1 is 1.50 bits per heavy atom. The Kier molecular flexibility index (Phi) is 3.93. The maximum atomic E-state index is 11.0. The fourth-order valence-corrected chi connectivity index (χ4v) is 1.69. The molecule has 0 saturated heterocycles. The van der Waals surface area contributed by atoms with Crippen LogP contribution in [0, 0.1) is 0 Å². The molecule has 2 atom stereocenters. The molecule has 3 N–H and O–H groups in total. The molecule has 0 aliphatic rings. The lowest BCUT2D eigenvalue weighted by Crippen LogP contribution is -2.27. The van der Waals surface area contributed by atoms with Crippen LogP contribution < -0.4 is 0 Å². The number of carboxylic acid groups (broad SMARTS) is 1. The summed E-state index contributed by atoms with van der Waals surface area (Å²) in [6, 6.07) is 0. The minimum atomic E-state index is -1.98. The van der Waals surface area contributed by atoms with Crippen molar-refractivity contribution >= 4 is 23.3 Å². The first-order chi connectivity index (χ1) is 7.47. The molecule has 0 aromatic carbocycles. The first kappa shape index (κ1) is 12.6. The van der Waals surface area contributed by atoms with Gasteiger partial charge in [-0.15, -0.1) is 11.3 Å². The summed E-state index contributed by atoms with van der Waals surface area (Å²) >= 11 is 0.862. The lowest BCUT2D eigenvalue weighted by Gasteiger charge is -2.10. The van der Waals surface area contributed by atoms with Crippen LogP contribution >= 0.6 is 11.3 Å². The number of aromatic nitrogens is 1. The van der Waals surface area contributed by atoms with E-state index in [9.17, 15) is 14.7 Å². The minimum absolute atomic E-state index is 0.0425. The van der Waals surface area contributed by atoms with E-state index in [-0.39, 0.29) is 10.7 Å². The van der Waals surface area contributed by atoms with Gasteiger partial charge in [-0.1, -0.05) is 0 Å². The van der Waals surface area contributed by atoms with Gasteiger partial charge in [-0.2, -0.15) is 0 Å². The quantitative estimate of drug-likeness (QED) is 0.608. The summed E-state index contributed by atoms with van der Waals surface area (Å²) in [6.45, 7) is 0. The number of hydrogen-bond acceptors (Lipinski definition) is 7. The van der Waals surface area contributed by atoms with Gasteiger partial charge in [0.05, 0.1) is 7.11 Å². The fourth-order valence-electron chi connectivity index (χ4n) is 0.892. The molecule has 7 nitrogen and oxygen atoms in total. The summed E-state index contributed by atoms with van der Waals surface area (Å²) in [5.41, 5.74) is -0.0425. The van der Waals surface area contributed by atoms with Gasteiger partial charge in [0, 0.05) is 5.38 Å². The van der Waals surface area contributed by atoms with Crippen molar-refractivity contribution in [3.05, 3.63) is 16.1 Å². The van der Waals surface area contributed by atoms with Gasteiger partial charge in [0.25, 0.3) is 0 Å². The number of aliphatic hydroxyl groups excluding tert-OH is 2. The average molecular weight is 247 g/mol. The highest BCUT2D eigenvalue weighted by molar-refractivity contribution is 7.09. The third kappa shape index (κ3) is 2.54. The Morgan fingerprint density at radius 2 is 2.12 bits per heavy atom. The highest BCUT2D eigenvalue weighted by atomic mass is 32.1. The third-order valence-corrected chi connectivity index (χ3v) is 2.64. The third-order valence-electron chi connectivity index (χ3n) is 1.72. The minimum Gasteiger partial charge on any atom is -0.479 e. The van der Waals surface area contributed by atoms with Crippen molar-refractivity contribution in [2.45, 2.75) is 12.2 Å². The van der Waals surface area contributed by atoms with Crippen LogP contribution in [0.2, 0.25) is 0 Å². The van der Waals surface area contributed by atoms with E-state index in [1.807, 2.05) is 0 Å². The topological polar surface area (TPSA) is 117 Å². The highest BCUT2D eigenvalue weighted by Crippen LogP contribution is 2.21. The molecule has 0 radical (unpaired) electrons. The summed E-state index contributed by atoms with van der Waals surface area (Å²) in [5, 5.41) is 28.1. The number of ether oxygens (including phenoxy) is 1. The number of aliphatic carboxylic acids is 1. The second-order valence-electron chi connectivity index (χ2n) is 2.79. The summed E-state index contributed by atoms with van der Waals surface area (Å²) < 4.78 is 4.38. The van der Waals surface area contributed by atoms with Crippen molar-refractivity contribution in [3.8, 4) is 0 Å². The molecular formula is C8H9NO6S. The molecule has 0 bridgehead atoms. The monoisotopic (exact) mass is 247 g/mol. The van der Waals surface area contributed by atoms with Gasteiger partial charge in [0.15, 0.2) is 11.8 Å². The zero-order chi connectivity index (χ0) is 12.3. The number of thiazole rings is 1. The number of carbonyl (C=O) groups excluding carboxylic acids is 1. The number of nitrogens with zero attached hydrogens (tertiary/aromatic N) is 1. The average Bonchev–Trinajstić information content (AvgIpc) is 2.75. The van der Waals surface area contributed by atoms with Crippen molar-refractivity contribution in [2.24, 2.45) is 0 Å². The normalized spacial score (nSPS) is 14.2. The highest BCUT2D eigenvalue weighted by Gasteiger charge is 2.28. The second kappa shape index (κ2) is 5.01. The summed E-state index contributed by atoms with van der Waals surface area (Å²) in [4.78, 5) is 25.1. The Hall–Kier alpha value is -1.51. The van der Waals surface area contributed by atoms with Crippen molar-refractivity contribution in [1.29, 1.82) is 0 Å². The molecule has 88 valence electrons. The van der Waals surface area contributed by atoms with E-state index in [0.29, 0.717) is 0 Å². The number of hydrogen-bond donors (Lipinski definition) is 3. The maximum absolute atomic E-state index is 11.0. The summed E-state index contributed by atoms with van der Waals surface area (Å²) in [5.74, 6) is -2.26. The molecule has 1 rings (SSSR count). The van der Waals surface area contributed by atoms with E-state index < -0.39 is 24.1 Å². The van der Waals surface area contributed by atoms with Crippen LogP contribution in [0.5, 0.6) is 0 Å². The van der Waals surface area contributed by atoms with Crippen molar-refractivity contribution in [2.75, 3.05) is 7.11 Å². The Labute approximate surface area is 93.9 Å². The van der Waals surface area contributed by atoms with Crippen molar-refractivity contribution < 1.29 is 29.6 Å². The molecule has 16 heavy (non-hydrogen) atoms. The van der Waals surface area contributed by atoms with E-state index in [0.717, 1.165) is 11.3 Å². The molecule has 8 heteroatoms. The lowest BCUT2D eigenvalue weighted by atomic mass is 10.2. The Balaban J connectivity index is 2.85. The molecule has 0 fully saturated rings. The number of rotatable bonds is 4. The largest absolute Gasteiger partial charge is 0.479 e. The zero-order valence-electron chi connectivity index (χ0n) is 8.15. The number of aliphatic hydroxyl groups is 2. The van der Waals surface area contributed by atoms with Crippen LogP contribution in [0.1, 0.15) is 21.6 Å². The summed E-state index contributed by atoms with van der Waals surface area (Å²) in [6.07, 6.45) is -3.64. The smallest absolute Gasteiger partial charge is 0.357 e. The van der Waals surface area contributed by atoms with Gasteiger partial charge in [0.2, 0.25) is 0 Å². The molecule has 1 heterocycles. The molecule has 1 aromatic heterocycles. The molecule has 0 aliphatic carbocycles. The molecule has 1 aromatic rings. The van der Waals surface area contributed by atoms with Gasteiger partial charge in [-0.05, 0) is 0 Å².